The molecule has 0 spiro atoms. The molecule has 0 heterocycles. The van der Waals surface area contributed by atoms with Crippen molar-refractivity contribution in [1.82, 2.24) is 4.72 Å². The van der Waals surface area contributed by atoms with E-state index in [9.17, 15) is 12.8 Å². The summed E-state index contributed by atoms with van der Waals surface area (Å²) in [6.07, 6.45) is 3.19. The summed E-state index contributed by atoms with van der Waals surface area (Å²) >= 11 is 3.04. The fourth-order valence-electron chi connectivity index (χ4n) is 1.63. The summed E-state index contributed by atoms with van der Waals surface area (Å²) in [6.45, 7) is 0.400. The summed E-state index contributed by atoms with van der Waals surface area (Å²) in [6, 6.07) is 2.18. The van der Waals surface area contributed by atoms with Gasteiger partial charge in [0.25, 0.3) is 0 Å². The molecular formula is C11H14BrFN2O2S. The predicted octanol–water partition coefficient (Wildman–Crippen LogP) is 2.25. The normalized spacial score (nSPS) is 15.9. The molecule has 1 aromatic carbocycles. The molecule has 0 aromatic heterocycles. The van der Waals surface area contributed by atoms with Crippen molar-refractivity contribution in [2.45, 2.75) is 24.2 Å². The van der Waals surface area contributed by atoms with Gasteiger partial charge >= 0.3 is 0 Å². The van der Waals surface area contributed by atoms with E-state index in [1.165, 1.54) is 12.8 Å². The molecule has 1 aliphatic carbocycles. The molecule has 100 valence electrons. The molecule has 1 saturated carbocycles. The Labute approximate surface area is 114 Å². The zero-order chi connectivity index (χ0) is 13.3. The lowest BCUT2D eigenvalue weighted by atomic mass is 10.3. The van der Waals surface area contributed by atoms with Gasteiger partial charge in [-0.3, -0.25) is 0 Å². The monoisotopic (exact) mass is 336 g/mol. The highest BCUT2D eigenvalue weighted by Crippen LogP contribution is 2.32. The van der Waals surface area contributed by atoms with Crippen LogP contribution in [0.25, 0.3) is 0 Å². The van der Waals surface area contributed by atoms with Crippen LogP contribution in [0.5, 0.6) is 0 Å². The molecule has 0 saturated heterocycles. The lowest BCUT2D eigenvalue weighted by molar-refractivity contribution is 0.574. The van der Waals surface area contributed by atoms with Crippen molar-refractivity contribution < 1.29 is 12.8 Å². The third-order valence-electron chi connectivity index (χ3n) is 2.88. The van der Waals surface area contributed by atoms with Gasteiger partial charge in [0.2, 0.25) is 10.0 Å². The first-order valence-electron chi connectivity index (χ1n) is 5.64. The quantitative estimate of drug-likeness (QED) is 0.810. The van der Waals surface area contributed by atoms with E-state index in [0.717, 1.165) is 18.6 Å². The number of halogens is 2. The molecule has 4 nitrogen and oxygen atoms in total. The van der Waals surface area contributed by atoms with Gasteiger partial charge in [0, 0.05) is 11.0 Å². The van der Waals surface area contributed by atoms with Crippen molar-refractivity contribution in [2.75, 3.05) is 12.3 Å². The maximum absolute atomic E-state index is 13.1. The van der Waals surface area contributed by atoms with Crippen molar-refractivity contribution in [3.63, 3.8) is 0 Å². The van der Waals surface area contributed by atoms with Gasteiger partial charge in [-0.15, -0.1) is 0 Å². The molecule has 0 bridgehead atoms. The molecule has 1 fully saturated rings. The number of nitrogens with two attached hydrogens (primary N) is 1. The summed E-state index contributed by atoms with van der Waals surface area (Å²) < 4.78 is 39.8. The summed E-state index contributed by atoms with van der Waals surface area (Å²) in [5.41, 5.74) is 5.21. The van der Waals surface area contributed by atoms with Crippen LogP contribution in [0.4, 0.5) is 10.1 Å². The van der Waals surface area contributed by atoms with Crippen LogP contribution in [0.2, 0.25) is 0 Å². The van der Waals surface area contributed by atoms with E-state index in [2.05, 4.69) is 20.7 Å². The number of rotatable bonds is 5. The second kappa shape index (κ2) is 5.14. The number of anilines is 1. The maximum Gasteiger partial charge on any atom is 0.241 e. The number of nitrogens with one attached hydrogen (secondary N) is 1. The minimum Gasteiger partial charge on any atom is -0.396 e. The first-order chi connectivity index (χ1) is 8.40. The average Bonchev–Trinajstić information content (AvgIpc) is 3.07. The highest BCUT2D eigenvalue weighted by atomic mass is 79.9. The van der Waals surface area contributed by atoms with E-state index in [4.69, 9.17) is 5.73 Å². The fraction of sp³-hybridized carbons (Fsp3) is 0.455. The van der Waals surface area contributed by atoms with Gasteiger partial charge in [-0.1, -0.05) is 12.8 Å². The van der Waals surface area contributed by atoms with Crippen molar-refractivity contribution in [3.05, 3.63) is 22.4 Å². The molecule has 18 heavy (non-hydrogen) atoms. The molecule has 1 aromatic rings. The van der Waals surface area contributed by atoms with E-state index >= 15 is 0 Å². The Morgan fingerprint density at radius 3 is 2.72 bits per heavy atom. The Morgan fingerprint density at radius 2 is 2.11 bits per heavy atom. The van der Waals surface area contributed by atoms with Gasteiger partial charge < -0.3 is 5.73 Å². The Kier molecular flexibility index (Phi) is 3.93. The molecule has 0 unspecified atom stereocenters. The largest absolute Gasteiger partial charge is 0.396 e. The Morgan fingerprint density at radius 1 is 1.44 bits per heavy atom. The van der Waals surface area contributed by atoms with E-state index in [1.54, 1.807) is 0 Å². The zero-order valence-electron chi connectivity index (χ0n) is 9.62. The summed E-state index contributed by atoms with van der Waals surface area (Å²) in [4.78, 5) is -0.0304. The van der Waals surface area contributed by atoms with Crippen LogP contribution in [0, 0.1) is 11.7 Å². The number of hydrogen-bond donors (Lipinski definition) is 2. The van der Waals surface area contributed by atoms with E-state index in [0.29, 0.717) is 12.5 Å². The Balaban J connectivity index is 2.14. The van der Waals surface area contributed by atoms with Crippen LogP contribution in [-0.4, -0.2) is 15.0 Å². The molecule has 7 heteroatoms. The van der Waals surface area contributed by atoms with Crippen molar-refractivity contribution in [1.29, 1.82) is 0 Å². The third-order valence-corrected chi connectivity index (χ3v) is 5.30. The van der Waals surface area contributed by atoms with Gasteiger partial charge in [-0.2, -0.15) is 0 Å². The van der Waals surface area contributed by atoms with E-state index in [-0.39, 0.29) is 15.1 Å². The van der Waals surface area contributed by atoms with Crippen LogP contribution in [0.1, 0.15) is 19.3 Å². The molecule has 0 aliphatic heterocycles. The lowest BCUT2D eigenvalue weighted by Crippen LogP contribution is -2.25. The summed E-state index contributed by atoms with van der Waals surface area (Å²) in [7, 11) is -3.64. The summed E-state index contributed by atoms with van der Waals surface area (Å²) in [5.74, 6) is 0.00762. The standard InChI is InChI=1S/C11H14BrFN2O2S/c12-8-5-9(13)10(14)6-11(8)18(16,17)15-4-3-7-1-2-7/h5-7,15H,1-4,14H2. The molecule has 0 amide bonds. The minimum absolute atomic E-state index is 0.0304. The van der Waals surface area contributed by atoms with Crippen molar-refractivity contribution in [2.24, 2.45) is 5.92 Å². The van der Waals surface area contributed by atoms with Crippen molar-refractivity contribution in [3.8, 4) is 0 Å². The van der Waals surface area contributed by atoms with Gasteiger partial charge in [0.05, 0.1) is 10.6 Å². The summed E-state index contributed by atoms with van der Waals surface area (Å²) in [5, 5.41) is 0. The Bertz CT molecular complexity index is 558. The maximum atomic E-state index is 13.1. The molecule has 3 N–H and O–H groups in total. The molecule has 2 rings (SSSR count). The van der Waals surface area contributed by atoms with Crippen LogP contribution in [0.3, 0.4) is 0 Å². The van der Waals surface area contributed by atoms with Gasteiger partial charge in [-0.25, -0.2) is 17.5 Å². The lowest BCUT2D eigenvalue weighted by Gasteiger charge is -2.09. The second-order valence-electron chi connectivity index (χ2n) is 4.43. The number of nitrogen functional groups attached to an aromatic ring is 1. The first-order valence-corrected chi connectivity index (χ1v) is 7.92. The molecular weight excluding hydrogens is 323 g/mol. The fourth-order valence-corrected chi connectivity index (χ4v) is 3.73. The highest BCUT2D eigenvalue weighted by molar-refractivity contribution is 9.10. The molecule has 0 radical (unpaired) electrons. The van der Waals surface area contributed by atoms with Crippen LogP contribution in [-0.2, 0) is 10.0 Å². The van der Waals surface area contributed by atoms with Gasteiger partial charge in [0.15, 0.2) is 0 Å². The minimum atomic E-state index is -3.64. The second-order valence-corrected chi connectivity index (χ2v) is 7.02. The predicted molar refractivity (Wildman–Crippen MR) is 71.0 cm³/mol. The number of benzene rings is 1. The topological polar surface area (TPSA) is 72.2 Å². The van der Waals surface area contributed by atoms with Crippen LogP contribution in [0.15, 0.2) is 21.5 Å². The van der Waals surface area contributed by atoms with E-state index < -0.39 is 15.8 Å². The Hall–Kier alpha value is -0.660. The third kappa shape index (κ3) is 3.21. The highest BCUT2D eigenvalue weighted by Gasteiger charge is 2.23. The van der Waals surface area contributed by atoms with Gasteiger partial charge in [-0.05, 0) is 40.4 Å². The smallest absolute Gasteiger partial charge is 0.241 e. The van der Waals surface area contributed by atoms with Gasteiger partial charge in [0.1, 0.15) is 5.82 Å². The molecule has 1 aliphatic rings. The SMILES string of the molecule is Nc1cc(S(=O)(=O)NCCC2CC2)c(Br)cc1F. The molecule has 0 atom stereocenters. The van der Waals surface area contributed by atoms with Crippen LogP contribution >= 0.6 is 15.9 Å². The zero-order valence-corrected chi connectivity index (χ0v) is 12.0. The van der Waals surface area contributed by atoms with Crippen molar-refractivity contribution >= 4 is 31.6 Å². The number of hydrogen-bond acceptors (Lipinski definition) is 3. The van der Waals surface area contributed by atoms with Crippen LogP contribution < -0.4 is 10.5 Å². The number of sulfonamides is 1. The average molecular weight is 337 g/mol. The van der Waals surface area contributed by atoms with E-state index in [1.807, 2.05) is 0 Å². The first kappa shape index (κ1) is 13.8.